The molecule has 0 aromatic heterocycles. The molecule has 232 valence electrons. The Morgan fingerprint density at radius 2 is 0.977 bits per heavy atom. The molecule has 10 nitrogen and oxygen atoms in total. The third kappa shape index (κ3) is 17.2. The molecule has 0 fully saturated rings. The van der Waals surface area contributed by atoms with Crippen LogP contribution in [0.15, 0.2) is 95.8 Å². The smallest absolute Gasteiger partial charge is 0.407 e. The Hall–Kier alpha value is -3.55. The van der Waals surface area contributed by atoms with Gasteiger partial charge in [0.2, 0.25) is 0 Å². The number of carbonyl (C=O) groups excluding carboxylic acids is 4. The maximum atomic E-state index is 12.4. The van der Waals surface area contributed by atoms with Crippen LogP contribution in [0.1, 0.15) is 0 Å². The standard InChI is InChI=1S/C30H36N2O8S3/c1-3-27(33)37-15-17-39-29(35)31-23(21-42-25-11-7-5-8-12-25)19-41-20-24(22-43-26-13-9-6-10-14-26)32-30(36)40-18-16-38-28(34)4-2/h3-14,23-24H,1-2,15-22H2,(H,31,35)(H,32,36). The van der Waals surface area contributed by atoms with Crippen molar-refractivity contribution in [2.45, 2.75) is 21.9 Å². The Bertz CT molecular complexity index is 1070. The molecule has 0 aliphatic heterocycles. The van der Waals surface area contributed by atoms with Crippen molar-refractivity contribution in [1.29, 1.82) is 0 Å². The van der Waals surface area contributed by atoms with E-state index in [-0.39, 0.29) is 38.5 Å². The van der Waals surface area contributed by atoms with Gasteiger partial charge in [0.05, 0.1) is 12.1 Å². The van der Waals surface area contributed by atoms with Crippen LogP contribution in [0.2, 0.25) is 0 Å². The zero-order valence-electron chi connectivity index (χ0n) is 23.6. The molecule has 43 heavy (non-hydrogen) atoms. The lowest BCUT2D eigenvalue weighted by Gasteiger charge is -2.21. The number of hydrogen-bond donors (Lipinski definition) is 2. The maximum absolute atomic E-state index is 12.4. The van der Waals surface area contributed by atoms with Crippen molar-refractivity contribution in [3.8, 4) is 0 Å². The lowest BCUT2D eigenvalue weighted by atomic mass is 10.4. The average molecular weight is 649 g/mol. The summed E-state index contributed by atoms with van der Waals surface area (Å²) in [5, 5.41) is 5.76. The number of amides is 2. The summed E-state index contributed by atoms with van der Waals surface area (Å²) in [4.78, 5) is 49.3. The van der Waals surface area contributed by atoms with Crippen LogP contribution in [0.5, 0.6) is 0 Å². The van der Waals surface area contributed by atoms with Gasteiger partial charge in [-0.05, 0) is 24.3 Å². The average Bonchev–Trinajstić information content (AvgIpc) is 3.03. The van der Waals surface area contributed by atoms with Gasteiger partial charge in [-0.15, -0.1) is 23.5 Å². The van der Waals surface area contributed by atoms with Crippen molar-refractivity contribution >= 4 is 59.4 Å². The van der Waals surface area contributed by atoms with Gasteiger partial charge in [-0.1, -0.05) is 49.6 Å². The van der Waals surface area contributed by atoms with Crippen LogP contribution < -0.4 is 10.6 Å². The van der Waals surface area contributed by atoms with E-state index in [4.69, 9.17) is 18.9 Å². The SMILES string of the molecule is C=CC(=O)OCCOC(=O)NC(CSCC(CSc1ccccc1)NC(=O)OCCOC(=O)C=C)CSc1ccccc1. The van der Waals surface area contributed by atoms with Crippen LogP contribution in [-0.2, 0) is 28.5 Å². The van der Waals surface area contributed by atoms with Crippen LogP contribution in [0.3, 0.4) is 0 Å². The summed E-state index contributed by atoms with van der Waals surface area (Å²) in [6, 6.07) is 19.1. The van der Waals surface area contributed by atoms with E-state index < -0.39 is 24.1 Å². The van der Waals surface area contributed by atoms with Gasteiger partial charge in [0.25, 0.3) is 0 Å². The zero-order valence-corrected chi connectivity index (χ0v) is 26.1. The van der Waals surface area contributed by atoms with Crippen LogP contribution in [0, 0.1) is 0 Å². The Morgan fingerprint density at radius 3 is 1.35 bits per heavy atom. The summed E-state index contributed by atoms with van der Waals surface area (Å²) in [5.41, 5.74) is 0. The highest BCUT2D eigenvalue weighted by Gasteiger charge is 2.18. The summed E-state index contributed by atoms with van der Waals surface area (Å²) in [6.45, 7) is 6.31. The van der Waals surface area contributed by atoms with Gasteiger partial charge >= 0.3 is 24.1 Å². The molecule has 2 rings (SSSR count). The first kappa shape index (κ1) is 35.6. The Morgan fingerprint density at radius 1 is 0.605 bits per heavy atom. The fourth-order valence-corrected chi connectivity index (χ4v) is 6.42. The van der Waals surface area contributed by atoms with E-state index in [2.05, 4.69) is 23.8 Å². The molecular formula is C30H36N2O8S3. The summed E-state index contributed by atoms with van der Waals surface area (Å²) in [7, 11) is 0. The second-order valence-electron chi connectivity index (χ2n) is 8.48. The van der Waals surface area contributed by atoms with Crippen molar-refractivity contribution in [2.75, 3.05) is 49.4 Å². The monoisotopic (exact) mass is 648 g/mol. The van der Waals surface area contributed by atoms with Gasteiger partial charge in [-0.3, -0.25) is 0 Å². The minimum atomic E-state index is -0.621. The molecule has 0 aliphatic carbocycles. The van der Waals surface area contributed by atoms with Crippen molar-refractivity contribution < 1.29 is 38.1 Å². The molecule has 2 aromatic rings. The highest BCUT2D eigenvalue weighted by Crippen LogP contribution is 2.22. The number of esters is 2. The lowest BCUT2D eigenvalue weighted by Crippen LogP contribution is -2.41. The van der Waals surface area contributed by atoms with E-state index in [0.29, 0.717) is 23.0 Å². The molecule has 13 heteroatoms. The number of benzene rings is 2. The number of nitrogens with one attached hydrogen (secondary N) is 2. The van der Waals surface area contributed by atoms with Gasteiger partial charge in [0.15, 0.2) is 0 Å². The Labute approximate surface area is 264 Å². The summed E-state index contributed by atoms with van der Waals surface area (Å²) >= 11 is 4.76. The molecule has 0 aliphatic rings. The number of ether oxygens (including phenoxy) is 4. The molecule has 0 saturated heterocycles. The van der Waals surface area contributed by atoms with E-state index >= 15 is 0 Å². The molecule has 2 aromatic carbocycles. The fraction of sp³-hybridized carbons (Fsp3) is 0.333. The third-order valence-electron chi connectivity index (χ3n) is 5.13. The predicted molar refractivity (Wildman–Crippen MR) is 171 cm³/mol. The first-order valence-electron chi connectivity index (χ1n) is 13.3. The molecule has 2 amide bonds. The van der Waals surface area contributed by atoms with Gasteiger partial charge in [-0.25, -0.2) is 19.2 Å². The lowest BCUT2D eigenvalue weighted by molar-refractivity contribution is -0.139. The van der Waals surface area contributed by atoms with Crippen molar-refractivity contribution in [2.24, 2.45) is 0 Å². The van der Waals surface area contributed by atoms with Crippen LogP contribution >= 0.6 is 35.3 Å². The number of carbonyl (C=O) groups is 4. The Balaban J connectivity index is 1.92. The van der Waals surface area contributed by atoms with Crippen molar-refractivity contribution in [3.63, 3.8) is 0 Å². The predicted octanol–water partition coefficient (Wildman–Crippen LogP) is 4.95. The molecule has 2 N–H and O–H groups in total. The van der Waals surface area contributed by atoms with E-state index in [1.807, 2.05) is 60.7 Å². The first-order chi connectivity index (χ1) is 20.9. The number of hydrogen-bond acceptors (Lipinski definition) is 11. The zero-order chi connectivity index (χ0) is 31.1. The van der Waals surface area contributed by atoms with Gasteiger partial charge < -0.3 is 29.6 Å². The van der Waals surface area contributed by atoms with Crippen LogP contribution in [0.25, 0.3) is 0 Å². The van der Waals surface area contributed by atoms with Crippen LogP contribution in [-0.4, -0.2) is 85.6 Å². The topological polar surface area (TPSA) is 129 Å². The fourth-order valence-electron chi connectivity index (χ4n) is 3.13. The number of alkyl carbamates (subject to hydrolysis) is 2. The number of thioether (sulfide) groups is 3. The summed E-state index contributed by atoms with van der Waals surface area (Å²) in [6.07, 6.45) is 0.831. The minimum Gasteiger partial charge on any atom is -0.459 e. The van der Waals surface area contributed by atoms with Gasteiger partial charge in [0.1, 0.15) is 26.4 Å². The summed E-state index contributed by atoms with van der Waals surface area (Å²) in [5.74, 6) is 1.07. The van der Waals surface area contributed by atoms with Gasteiger partial charge in [-0.2, -0.15) is 11.8 Å². The highest BCUT2D eigenvalue weighted by molar-refractivity contribution is 8.00. The van der Waals surface area contributed by atoms with Gasteiger partial charge in [0, 0.05) is 45.0 Å². The Kier molecular flexibility index (Phi) is 18.3. The molecular weight excluding hydrogens is 613 g/mol. The molecule has 2 atom stereocenters. The minimum absolute atomic E-state index is 0.0737. The van der Waals surface area contributed by atoms with Crippen molar-refractivity contribution in [3.05, 3.63) is 86.0 Å². The van der Waals surface area contributed by atoms with E-state index in [1.165, 1.54) is 0 Å². The second-order valence-corrected chi connectivity index (χ2v) is 11.7. The number of rotatable bonds is 20. The normalized spacial score (nSPS) is 11.7. The quantitative estimate of drug-likeness (QED) is 0.0665. The first-order valence-corrected chi connectivity index (χ1v) is 16.4. The van der Waals surface area contributed by atoms with E-state index in [9.17, 15) is 19.2 Å². The summed E-state index contributed by atoms with van der Waals surface area (Å²) < 4.78 is 20.0. The molecule has 0 heterocycles. The third-order valence-corrected chi connectivity index (χ3v) is 8.75. The van der Waals surface area contributed by atoms with E-state index in [1.54, 1.807) is 35.3 Å². The largest absolute Gasteiger partial charge is 0.459 e. The molecule has 0 spiro atoms. The van der Waals surface area contributed by atoms with Crippen LogP contribution in [0.4, 0.5) is 9.59 Å². The maximum Gasteiger partial charge on any atom is 0.407 e. The molecule has 2 unspecified atom stereocenters. The highest BCUT2D eigenvalue weighted by atomic mass is 32.2. The van der Waals surface area contributed by atoms with E-state index in [0.717, 1.165) is 21.9 Å². The molecule has 0 radical (unpaired) electrons. The second kappa shape index (κ2) is 22.1. The molecule has 0 saturated carbocycles. The van der Waals surface area contributed by atoms with Crippen molar-refractivity contribution in [1.82, 2.24) is 10.6 Å². The molecule has 0 bridgehead atoms.